The Labute approximate surface area is 155 Å². The lowest BCUT2D eigenvalue weighted by molar-refractivity contribution is 0.444. The number of halogens is 2. The van der Waals surface area contributed by atoms with Crippen LogP contribution < -0.4 is 10.6 Å². The van der Waals surface area contributed by atoms with Gasteiger partial charge in [0.2, 0.25) is 0 Å². The van der Waals surface area contributed by atoms with Crippen LogP contribution in [0.1, 0.15) is 70.6 Å². The molecular formula is C19H28ClFN2S. The summed E-state index contributed by atoms with van der Waals surface area (Å²) < 4.78 is 13.2. The molecule has 0 bridgehead atoms. The Kier molecular flexibility index (Phi) is 8.82. The fourth-order valence-corrected chi connectivity index (χ4v) is 3.70. The Balaban J connectivity index is 1.83. The monoisotopic (exact) mass is 370 g/mol. The van der Waals surface area contributed by atoms with Crippen LogP contribution in [-0.4, -0.2) is 11.2 Å². The second-order valence-electron chi connectivity index (χ2n) is 6.68. The smallest absolute Gasteiger partial charge is 0.170 e. The van der Waals surface area contributed by atoms with Crippen LogP contribution in [0, 0.1) is 5.82 Å². The molecule has 0 spiro atoms. The third-order valence-electron chi connectivity index (χ3n) is 4.62. The molecule has 0 radical (unpaired) electrons. The van der Waals surface area contributed by atoms with Crippen LogP contribution in [0.2, 0.25) is 5.02 Å². The van der Waals surface area contributed by atoms with Crippen LogP contribution in [0.5, 0.6) is 0 Å². The van der Waals surface area contributed by atoms with E-state index < -0.39 is 5.82 Å². The Morgan fingerprint density at radius 2 is 1.50 bits per heavy atom. The van der Waals surface area contributed by atoms with Crippen molar-refractivity contribution in [2.24, 2.45) is 0 Å². The van der Waals surface area contributed by atoms with Crippen molar-refractivity contribution >= 4 is 34.6 Å². The van der Waals surface area contributed by atoms with E-state index in [4.69, 9.17) is 23.8 Å². The number of nitrogens with one attached hydrogen (secondary N) is 2. The van der Waals surface area contributed by atoms with Gasteiger partial charge in [-0.05, 0) is 43.3 Å². The third kappa shape index (κ3) is 7.35. The van der Waals surface area contributed by atoms with Crippen LogP contribution in [0.25, 0.3) is 0 Å². The zero-order chi connectivity index (χ0) is 17.2. The second kappa shape index (κ2) is 10.9. The molecule has 5 heteroatoms. The molecule has 1 fully saturated rings. The van der Waals surface area contributed by atoms with E-state index in [-0.39, 0.29) is 5.02 Å². The van der Waals surface area contributed by atoms with Crippen LogP contribution in [-0.2, 0) is 0 Å². The van der Waals surface area contributed by atoms with E-state index in [1.54, 1.807) is 12.1 Å². The predicted octanol–water partition coefficient (Wildman–Crippen LogP) is 6.44. The van der Waals surface area contributed by atoms with Gasteiger partial charge in [-0.3, -0.25) is 0 Å². The average molecular weight is 371 g/mol. The largest absolute Gasteiger partial charge is 0.360 e. The fourth-order valence-electron chi connectivity index (χ4n) is 3.23. The second-order valence-corrected chi connectivity index (χ2v) is 7.50. The normalized spacial score (nSPS) is 18.2. The molecule has 1 saturated carbocycles. The highest BCUT2D eigenvalue weighted by Crippen LogP contribution is 2.20. The van der Waals surface area contributed by atoms with Crippen LogP contribution in [0.4, 0.5) is 10.1 Å². The molecule has 0 amide bonds. The zero-order valence-electron chi connectivity index (χ0n) is 14.3. The average Bonchev–Trinajstić information content (AvgIpc) is 2.53. The van der Waals surface area contributed by atoms with Crippen molar-refractivity contribution in [2.45, 2.75) is 76.7 Å². The summed E-state index contributed by atoms with van der Waals surface area (Å²) >= 11 is 11.2. The van der Waals surface area contributed by atoms with Gasteiger partial charge < -0.3 is 10.6 Å². The molecule has 1 aliphatic carbocycles. The van der Waals surface area contributed by atoms with Gasteiger partial charge in [0.25, 0.3) is 0 Å². The first kappa shape index (κ1) is 19.5. The van der Waals surface area contributed by atoms with Crippen LogP contribution in [0.3, 0.4) is 0 Å². The molecule has 1 aliphatic rings. The molecule has 0 saturated heterocycles. The Morgan fingerprint density at radius 3 is 2.04 bits per heavy atom. The van der Waals surface area contributed by atoms with Crippen molar-refractivity contribution in [3.05, 3.63) is 29.0 Å². The quantitative estimate of drug-likeness (QED) is 0.586. The highest BCUT2D eigenvalue weighted by molar-refractivity contribution is 7.80. The lowest BCUT2D eigenvalue weighted by atomic mass is 9.98. The number of anilines is 1. The van der Waals surface area contributed by atoms with Crippen molar-refractivity contribution in [3.8, 4) is 0 Å². The van der Waals surface area contributed by atoms with Crippen molar-refractivity contribution in [1.82, 2.24) is 5.32 Å². The van der Waals surface area contributed by atoms with E-state index in [1.807, 2.05) is 0 Å². The maximum atomic E-state index is 13.2. The van der Waals surface area contributed by atoms with Crippen molar-refractivity contribution in [2.75, 3.05) is 5.32 Å². The minimum atomic E-state index is -0.416. The van der Waals surface area contributed by atoms with Crippen LogP contribution >= 0.6 is 23.8 Å². The molecule has 134 valence electrons. The summed E-state index contributed by atoms with van der Waals surface area (Å²) in [6, 6.07) is 4.98. The van der Waals surface area contributed by atoms with Gasteiger partial charge in [-0.2, -0.15) is 0 Å². The molecule has 1 aromatic carbocycles. The van der Waals surface area contributed by atoms with Crippen molar-refractivity contribution in [1.29, 1.82) is 0 Å². The Morgan fingerprint density at radius 1 is 0.958 bits per heavy atom. The highest BCUT2D eigenvalue weighted by atomic mass is 35.5. The summed E-state index contributed by atoms with van der Waals surface area (Å²) in [5.41, 5.74) is 0.715. The topological polar surface area (TPSA) is 24.1 Å². The summed E-state index contributed by atoms with van der Waals surface area (Å²) in [6.45, 7) is 0. The van der Waals surface area contributed by atoms with Gasteiger partial charge in [-0.1, -0.05) is 69.4 Å². The van der Waals surface area contributed by atoms with E-state index in [0.29, 0.717) is 16.8 Å². The van der Waals surface area contributed by atoms with Gasteiger partial charge in [0.15, 0.2) is 5.11 Å². The van der Waals surface area contributed by atoms with Gasteiger partial charge in [-0.15, -0.1) is 0 Å². The molecule has 0 atom stereocenters. The highest BCUT2D eigenvalue weighted by Gasteiger charge is 2.11. The first-order valence-electron chi connectivity index (χ1n) is 9.18. The maximum Gasteiger partial charge on any atom is 0.170 e. The molecule has 2 N–H and O–H groups in total. The predicted molar refractivity (Wildman–Crippen MR) is 105 cm³/mol. The zero-order valence-corrected chi connectivity index (χ0v) is 15.8. The molecule has 2 rings (SSSR count). The fraction of sp³-hybridized carbons (Fsp3) is 0.632. The van der Waals surface area contributed by atoms with E-state index in [2.05, 4.69) is 10.6 Å². The number of thiocarbonyl (C=S) groups is 1. The van der Waals surface area contributed by atoms with Gasteiger partial charge >= 0.3 is 0 Å². The molecule has 0 unspecified atom stereocenters. The number of hydrogen-bond acceptors (Lipinski definition) is 1. The number of benzene rings is 1. The molecule has 0 aliphatic heterocycles. The molecule has 24 heavy (non-hydrogen) atoms. The number of hydrogen-bond donors (Lipinski definition) is 2. The van der Waals surface area contributed by atoms with Crippen molar-refractivity contribution < 1.29 is 4.39 Å². The minimum Gasteiger partial charge on any atom is -0.360 e. The lowest BCUT2D eigenvalue weighted by Gasteiger charge is -2.21. The van der Waals surface area contributed by atoms with Gasteiger partial charge in [-0.25, -0.2) is 4.39 Å². The summed E-state index contributed by atoms with van der Waals surface area (Å²) in [6.07, 6.45) is 14.3. The molecule has 0 aromatic heterocycles. The molecular weight excluding hydrogens is 343 g/mol. The summed E-state index contributed by atoms with van der Waals surface area (Å²) in [7, 11) is 0. The SMILES string of the molecule is Fc1ccc(NC(=S)NC2CCCCCCCCCCC2)cc1Cl. The van der Waals surface area contributed by atoms with Gasteiger partial charge in [0.1, 0.15) is 5.82 Å². The standard InChI is InChI=1S/C19H28ClFN2S/c20-17-14-16(12-13-18(17)21)23-19(24)22-15-10-8-6-4-2-1-3-5-7-9-11-15/h12-15H,1-11H2,(H2,22,23,24). The van der Waals surface area contributed by atoms with Crippen LogP contribution in [0.15, 0.2) is 18.2 Å². The molecule has 0 heterocycles. The van der Waals surface area contributed by atoms with Crippen molar-refractivity contribution in [3.63, 3.8) is 0 Å². The van der Waals surface area contributed by atoms with Gasteiger partial charge in [0, 0.05) is 11.7 Å². The molecule has 2 nitrogen and oxygen atoms in total. The Hall–Kier alpha value is -0.870. The first-order valence-corrected chi connectivity index (χ1v) is 9.96. The van der Waals surface area contributed by atoms with Gasteiger partial charge in [0.05, 0.1) is 5.02 Å². The minimum absolute atomic E-state index is 0.105. The maximum absolute atomic E-state index is 13.2. The van der Waals surface area contributed by atoms with E-state index >= 15 is 0 Å². The summed E-state index contributed by atoms with van der Waals surface area (Å²) in [5.74, 6) is -0.416. The Bertz CT molecular complexity index is 512. The number of rotatable bonds is 2. The van der Waals surface area contributed by atoms with E-state index in [1.165, 1.54) is 63.9 Å². The molecule has 1 aromatic rings. The summed E-state index contributed by atoms with van der Waals surface area (Å²) in [5, 5.41) is 7.25. The lowest BCUT2D eigenvalue weighted by Crippen LogP contribution is -2.37. The third-order valence-corrected chi connectivity index (χ3v) is 5.13. The van der Waals surface area contributed by atoms with E-state index in [0.717, 1.165) is 12.8 Å². The first-order chi connectivity index (χ1) is 11.6. The van der Waals surface area contributed by atoms with E-state index in [9.17, 15) is 4.39 Å². The summed E-state index contributed by atoms with van der Waals surface area (Å²) in [4.78, 5) is 0.